The van der Waals surface area contributed by atoms with Gasteiger partial charge in [0, 0.05) is 12.3 Å². The van der Waals surface area contributed by atoms with Crippen molar-refractivity contribution >= 4 is 0 Å². The molecule has 0 aliphatic carbocycles. The van der Waals surface area contributed by atoms with Gasteiger partial charge >= 0.3 is 0 Å². The molecule has 3 nitrogen and oxygen atoms in total. The van der Waals surface area contributed by atoms with Crippen LogP contribution < -0.4 is 4.74 Å². The summed E-state index contributed by atoms with van der Waals surface area (Å²) in [6.45, 7) is 2.07. The van der Waals surface area contributed by atoms with Gasteiger partial charge in [-0.3, -0.25) is 0 Å². The van der Waals surface area contributed by atoms with Gasteiger partial charge in [-0.15, -0.1) is 0 Å². The number of rotatable bonds is 5. The third-order valence-corrected chi connectivity index (χ3v) is 2.10. The number of aliphatic hydroxyl groups is 1. The summed E-state index contributed by atoms with van der Waals surface area (Å²) in [5.74, 6) is 0.603. The van der Waals surface area contributed by atoms with E-state index in [9.17, 15) is 5.11 Å². The van der Waals surface area contributed by atoms with Gasteiger partial charge in [-0.1, -0.05) is 13.3 Å². The van der Waals surface area contributed by atoms with E-state index in [1.54, 1.807) is 13.3 Å². The average molecular weight is 195 g/mol. The summed E-state index contributed by atoms with van der Waals surface area (Å²) in [5.41, 5.74) is 1.07. The van der Waals surface area contributed by atoms with Crippen molar-refractivity contribution in [3.05, 3.63) is 23.9 Å². The molecule has 1 heterocycles. The standard InChI is InChI=1S/C11H17NO2/c1-3-4-10(13)7-9-5-6-12-11(8-9)14-2/h5-6,8,10,13H,3-4,7H2,1-2H3. The lowest BCUT2D eigenvalue weighted by atomic mass is 10.1. The molecule has 3 heteroatoms. The first kappa shape index (κ1) is 11.0. The molecular formula is C11H17NO2. The highest BCUT2D eigenvalue weighted by atomic mass is 16.5. The molecule has 0 saturated carbocycles. The fourth-order valence-electron chi connectivity index (χ4n) is 1.40. The van der Waals surface area contributed by atoms with Gasteiger partial charge in [-0.05, 0) is 24.5 Å². The normalized spacial score (nSPS) is 12.5. The number of aliphatic hydroxyl groups excluding tert-OH is 1. The van der Waals surface area contributed by atoms with E-state index in [0.717, 1.165) is 18.4 Å². The molecule has 14 heavy (non-hydrogen) atoms. The maximum atomic E-state index is 9.60. The lowest BCUT2D eigenvalue weighted by Gasteiger charge is -2.09. The number of ether oxygens (including phenoxy) is 1. The minimum atomic E-state index is -0.257. The lowest BCUT2D eigenvalue weighted by Crippen LogP contribution is -2.09. The third-order valence-electron chi connectivity index (χ3n) is 2.10. The van der Waals surface area contributed by atoms with E-state index in [1.165, 1.54) is 0 Å². The molecule has 0 aliphatic rings. The molecule has 1 atom stereocenters. The minimum Gasteiger partial charge on any atom is -0.481 e. The average Bonchev–Trinajstić information content (AvgIpc) is 2.18. The molecule has 0 spiro atoms. The molecule has 0 amide bonds. The van der Waals surface area contributed by atoms with Crippen molar-refractivity contribution < 1.29 is 9.84 Å². The highest BCUT2D eigenvalue weighted by Gasteiger charge is 2.05. The molecule has 0 saturated heterocycles. The molecule has 1 aromatic rings. The molecule has 0 aliphatic heterocycles. The van der Waals surface area contributed by atoms with E-state index in [1.807, 2.05) is 12.1 Å². The fraction of sp³-hybridized carbons (Fsp3) is 0.545. The number of hydrogen-bond donors (Lipinski definition) is 1. The van der Waals surface area contributed by atoms with Crippen molar-refractivity contribution in [1.29, 1.82) is 0 Å². The van der Waals surface area contributed by atoms with Crippen LogP contribution in [0.25, 0.3) is 0 Å². The zero-order valence-electron chi connectivity index (χ0n) is 8.73. The lowest BCUT2D eigenvalue weighted by molar-refractivity contribution is 0.164. The smallest absolute Gasteiger partial charge is 0.213 e. The summed E-state index contributed by atoms with van der Waals surface area (Å²) >= 11 is 0. The predicted molar refractivity (Wildman–Crippen MR) is 55.4 cm³/mol. The summed E-state index contributed by atoms with van der Waals surface area (Å²) in [6.07, 6.45) is 3.96. The van der Waals surface area contributed by atoms with Gasteiger partial charge in [-0.25, -0.2) is 4.98 Å². The molecule has 0 fully saturated rings. The van der Waals surface area contributed by atoms with Gasteiger partial charge < -0.3 is 9.84 Å². The van der Waals surface area contributed by atoms with E-state index < -0.39 is 0 Å². The Morgan fingerprint density at radius 3 is 3.00 bits per heavy atom. The van der Waals surface area contributed by atoms with Crippen molar-refractivity contribution in [2.75, 3.05) is 7.11 Å². The van der Waals surface area contributed by atoms with Crippen molar-refractivity contribution in [3.8, 4) is 5.88 Å². The van der Waals surface area contributed by atoms with Crippen LogP contribution in [0.1, 0.15) is 25.3 Å². The Morgan fingerprint density at radius 1 is 1.57 bits per heavy atom. The van der Waals surface area contributed by atoms with Crippen molar-refractivity contribution in [1.82, 2.24) is 4.98 Å². The van der Waals surface area contributed by atoms with Gasteiger partial charge in [0.05, 0.1) is 13.2 Å². The number of pyridine rings is 1. The van der Waals surface area contributed by atoms with Crippen LogP contribution in [0.2, 0.25) is 0 Å². The van der Waals surface area contributed by atoms with Crippen molar-refractivity contribution in [3.63, 3.8) is 0 Å². The summed E-state index contributed by atoms with van der Waals surface area (Å²) < 4.78 is 5.00. The monoisotopic (exact) mass is 195 g/mol. The van der Waals surface area contributed by atoms with Gasteiger partial charge in [0.25, 0.3) is 0 Å². The van der Waals surface area contributed by atoms with Crippen molar-refractivity contribution in [2.24, 2.45) is 0 Å². The first-order chi connectivity index (χ1) is 6.76. The Labute approximate surface area is 84.7 Å². The SMILES string of the molecule is CCCC(O)Cc1ccnc(OC)c1. The second-order valence-electron chi connectivity index (χ2n) is 3.35. The molecule has 1 unspecified atom stereocenters. The van der Waals surface area contributed by atoms with E-state index in [-0.39, 0.29) is 6.10 Å². The number of hydrogen-bond acceptors (Lipinski definition) is 3. The Hall–Kier alpha value is -1.09. The zero-order chi connectivity index (χ0) is 10.4. The molecule has 0 radical (unpaired) electrons. The molecular weight excluding hydrogens is 178 g/mol. The maximum absolute atomic E-state index is 9.60. The first-order valence-corrected chi connectivity index (χ1v) is 4.93. The van der Waals surface area contributed by atoms with Crippen LogP contribution in [0.3, 0.4) is 0 Å². The largest absolute Gasteiger partial charge is 0.481 e. The van der Waals surface area contributed by atoms with Crippen LogP contribution in [0.5, 0.6) is 5.88 Å². The number of methoxy groups -OCH3 is 1. The highest BCUT2D eigenvalue weighted by molar-refractivity contribution is 5.20. The molecule has 1 rings (SSSR count). The Balaban J connectivity index is 2.57. The van der Waals surface area contributed by atoms with Crippen molar-refractivity contribution in [2.45, 2.75) is 32.3 Å². The molecule has 1 aromatic heterocycles. The van der Waals surface area contributed by atoms with E-state index in [0.29, 0.717) is 12.3 Å². The second-order valence-corrected chi connectivity index (χ2v) is 3.35. The van der Waals surface area contributed by atoms with Crippen LogP contribution in [0.15, 0.2) is 18.3 Å². The highest BCUT2D eigenvalue weighted by Crippen LogP contribution is 2.12. The number of aromatic nitrogens is 1. The molecule has 78 valence electrons. The Morgan fingerprint density at radius 2 is 2.36 bits per heavy atom. The minimum absolute atomic E-state index is 0.257. The Bertz CT molecular complexity index is 276. The predicted octanol–water partition coefficient (Wildman–Crippen LogP) is 1.79. The maximum Gasteiger partial charge on any atom is 0.213 e. The van der Waals surface area contributed by atoms with Gasteiger partial charge in [0.2, 0.25) is 5.88 Å². The molecule has 0 aromatic carbocycles. The van der Waals surface area contributed by atoms with Gasteiger partial charge in [0.15, 0.2) is 0 Å². The topological polar surface area (TPSA) is 42.4 Å². The van der Waals surface area contributed by atoms with Crippen LogP contribution in [0.4, 0.5) is 0 Å². The zero-order valence-corrected chi connectivity index (χ0v) is 8.73. The summed E-state index contributed by atoms with van der Waals surface area (Å²) in [6, 6.07) is 3.76. The second kappa shape index (κ2) is 5.60. The summed E-state index contributed by atoms with van der Waals surface area (Å²) in [4.78, 5) is 4.01. The van der Waals surface area contributed by atoms with Crippen LogP contribution in [-0.4, -0.2) is 23.3 Å². The number of nitrogens with zero attached hydrogens (tertiary/aromatic N) is 1. The summed E-state index contributed by atoms with van der Waals surface area (Å²) in [7, 11) is 1.59. The molecule has 0 bridgehead atoms. The quantitative estimate of drug-likeness (QED) is 0.779. The fourth-order valence-corrected chi connectivity index (χ4v) is 1.40. The van der Waals surface area contributed by atoms with E-state index in [4.69, 9.17) is 4.74 Å². The van der Waals surface area contributed by atoms with E-state index >= 15 is 0 Å². The van der Waals surface area contributed by atoms with Crippen LogP contribution >= 0.6 is 0 Å². The van der Waals surface area contributed by atoms with Crippen LogP contribution in [0, 0.1) is 0 Å². The van der Waals surface area contributed by atoms with Crippen LogP contribution in [-0.2, 0) is 6.42 Å². The van der Waals surface area contributed by atoms with Gasteiger partial charge in [-0.2, -0.15) is 0 Å². The summed E-state index contributed by atoms with van der Waals surface area (Å²) in [5, 5.41) is 9.60. The first-order valence-electron chi connectivity index (χ1n) is 4.93. The van der Waals surface area contributed by atoms with E-state index in [2.05, 4.69) is 11.9 Å². The molecule has 1 N–H and O–H groups in total. The van der Waals surface area contributed by atoms with Gasteiger partial charge in [0.1, 0.15) is 0 Å². The third kappa shape index (κ3) is 3.34. The Kier molecular flexibility index (Phi) is 4.40.